The maximum atomic E-state index is 12.7. The number of anilines is 1. The molecule has 0 bridgehead atoms. The molecule has 0 aliphatic carbocycles. The van der Waals surface area contributed by atoms with Gasteiger partial charge in [0.2, 0.25) is 0 Å². The van der Waals surface area contributed by atoms with Gasteiger partial charge in [-0.3, -0.25) is 9.59 Å². The second-order valence-electron chi connectivity index (χ2n) is 7.58. The number of aromatic nitrogens is 2. The number of aryl methyl sites for hydroxylation is 1. The third kappa shape index (κ3) is 6.37. The number of carboxylic acids is 2. The van der Waals surface area contributed by atoms with E-state index in [4.69, 9.17) is 10.8 Å². The van der Waals surface area contributed by atoms with Crippen molar-refractivity contribution in [2.75, 3.05) is 23.4 Å². The van der Waals surface area contributed by atoms with Crippen molar-refractivity contribution in [3.8, 4) is 0 Å². The van der Waals surface area contributed by atoms with Crippen molar-refractivity contribution in [3.05, 3.63) is 39.5 Å². The van der Waals surface area contributed by atoms with Crippen molar-refractivity contribution >= 4 is 56.6 Å². The molecule has 0 spiro atoms. The number of nitrogens with two attached hydrogens (primary N) is 1. The smallest absolute Gasteiger partial charge is 0.327 e. The zero-order chi connectivity index (χ0) is 24.1. The van der Waals surface area contributed by atoms with Gasteiger partial charge in [0.25, 0.3) is 5.91 Å². The molecule has 2 aromatic rings. The Balaban J connectivity index is 1.58. The Morgan fingerprint density at radius 2 is 2.00 bits per heavy atom. The first-order valence-corrected chi connectivity index (χ1v) is 13.4. The van der Waals surface area contributed by atoms with Crippen molar-refractivity contribution in [1.29, 1.82) is 0 Å². The number of nitrogens with zero attached hydrogens (tertiary/aromatic N) is 2. The average Bonchev–Trinajstić information content (AvgIpc) is 3.42. The zero-order valence-corrected chi connectivity index (χ0v) is 20.4. The summed E-state index contributed by atoms with van der Waals surface area (Å²) in [5.74, 6) is -0.668. The number of rotatable bonds is 11. The molecule has 0 aromatic carbocycles. The van der Waals surface area contributed by atoms with Crippen molar-refractivity contribution in [3.63, 3.8) is 0 Å². The van der Waals surface area contributed by atoms with Gasteiger partial charge in [-0.05, 0) is 25.0 Å². The summed E-state index contributed by atoms with van der Waals surface area (Å²) in [5, 5.41) is 24.1. The minimum Gasteiger partial charge on any atom is -0.480 e. The Labute approximate surface area is 202 Å². The van der Waals surface area contributed by atoms with Crippen LogP contribution in [0.5, 0.6) is 0 Å². The Kier molecular flexibility index (Phi) is 8.57. The van der Waals surface area contributed by atoms with E-state index in [0.29, 0.717) is 10.7 Å². The number of carboxylic acid groups (broad SMARTS) is 2. The van der Waals surface area contributed by atoms with Gasteiger partial charge < -0.3 is 26.6 Å². The monoisotopic (exact) mass is 511 g/mol. The van der Waals surface area contributed by atoms with Crippen LogP contribution < -0.4 is 16.4 Å². The number of nitrogens with one attached hydrogen (secondary N) is 2. The van der Waals surface area contributed by atoms with Crippen molar-refractivity contribution in [2.24, 2.45) is 5.73 Å². The number of amides is 1. The van der Waals surface area contributed by atoms with E-state index in [2.05, 4.69) is 27.5 Å². The fourth-order valence-electron chi connectivity index (χ4n) is 3.29. The van der Waals surface area contributed by atoms with E-state index >= 15 is 0 Å². The van der Waals surface area contributed by atoms with Crippen LogP contribution in [-0.4, -0.2) is 68.2 Å². The van der Waals surface area contributed by atoms with Crippen LogP contribution in [-0.2, 0) is 9.59 Å². The molecule has 6 N–H and O–H groups in total. The van der Waals surface area contributed by atoms with Crippen LogP contribution in [0, 0.1) is 6.92 Å². The highest BCUT2D eigenvalue weighted by Crippen LogP contribution is 2.41. The van der Waals surface area contributed by atoms with Crippen LogP contribution in [0.4, 0.5) is 5.82 Å². The van der Waals surface area contributed by atoms with Crippen molar-refractivity contribution < 1.29 is 24.6 Å². The molecular weight excluding hydrogens is 486 g/mol. The number of thiophene rings is 1. The summed E-state index contributed by atoms with van der Waals surface area (Å²) < 4.78 is 0. The molecule has 0 saturated heterocycles. The topological polar surface area (TPSA) is 168 Å². The van der Waals surface area contributed by atoms with Gasteiger partial charge in [0.15, 0.2) is 0 Å². The first-order chi connectivity index (χ1) is 15.7. The van der Waals surface area contributed by atoms with E-state index in [0.717, 1.165) is 44.4 Å². The van der Waals surface area contributed by atoms with E-state index < -0.39 is 29.9 Å². The molecule has 3 heterocycles. The van der Waals surface area contributed by atoms with Crippen molar-refractivity contribution in [1.82, 2.24) is 15.3 Å². The first kappa shape index (κ1) is 25.3. The van der Waals surface area contributed by atoms with Crippen LogP contribution >= 0.6 is 32.9 Å². The van der Waals surface area contributed by atoms with Crippen LogP contribution in [0.2, 0.25) is 0 Å². The lowest BCUT2D eigenvalue weighted by atomic mass is 9.89. The maximum Gasteiger partial charge on any atom is 0.327 e. The third-order valence-corrected chi connectivity index (χ3v) is 8.95. The molecule has 0 saturated carbocycles. The lowest BCUT2D eigenvalue weighted by Gasteiger charge is -2.17. The molecule has 13 heteroatoms. The minimum absolute atomic E-state index is 0.0800. The van der Waals surface area contributed by atoms with E-state index in [1.165, 1.54) is 11.3 Å². The van der Waals surface area contributed by atoms with Gasteiger partial charge in [-0.1, -0.05) is 28.5 Å². The molecule has 4 atom stereocenters. The largest absolute Gasteiger partial charge is 0.480 e. The van der Waals surface area contributed by atoms with Gasteiger partial charge >= 0.3 is 11.9 Å². The van der Waals surface area contributed by atoms with Gasteiger partial charge in [-0.25, -0.2) is 14.8 Å². The lowest BCUT2D eigenvalue weighted by Crippen LogP contribution is -2.42. The summed E-state index contributed by atoms with van der Waals surface area (Å²) in [6, 6.07) is 1.47. The summed E-state index contributed by atoms with van der Waals surface area (Å²) in [7, 11) is 2.31. The number of fused-ring (bicyclic) bond motifs is 1. The predicted octanol–water partition coefficient (Wildman–Crippen LogP) is 2.14. The summed E-state index contributed by atoms with van der Waals surface area (Å²) in [4.78, 5) is 45.1. The van der Waals surface area contributed by atoms with Gasteiger partial charge in [0.1, 0.15) is 23.7 Å². The SMILES string of the molecule is Cc1ncc2c(n1)NCC2C(C)c1ccc(C(=O)N[C@@H](CSSC[C@H](N)C(=O)O)C(=O)O)s1. The van der Waals surface area contributed by atoms with Crippen molar-refractivity contribution in [2.45, 2.75) is 37.8 Å². The van der Waals surface area contributed by atoms with Gasteiger partial charge in [0.05, 0.1) is 4.88 Å². The van der Waals surface area contributed by atoms with Crippen LogP contribution in [0.1, 0.15) is 44.7 Å². The van der Waals surface area contributed by atoms with E-state index in [9.17, 15) is 19.5 Å². The van der Waals surface area contributed by atoms with Crippen LogP contribution in [0.25, 0.3) is 0 Å². The quantitative estimate of drug-likeness (QED) is 0.221. The normalized spacial score (nSPS) is 17.5. The second-order valence-corrected chi connectivity index (χ2v) is 11.2. The Hall–Kier alpha value is -2.35. The van der Waals surface area contributed by atoms with Gasteiger partial charge in [-0.15, -0.1) is 11.3 Å². The van der Waals surface area contributed by atoms with E-state index in [1.807, 2.05) is 19.2 Å². The zero-order valence-electron chi connectivity index (χ0n) is 18.0. The molecule has 1 aliphatic rings. The Morgan fingerprint density at radius 3 is 2.70 bits per heavy atom. The highest BCUT2D eigenvalue weighted by atomic mass is 33.1. The lowest BCUT2D eigenvalue weighted by molar-refractivity contribution is -0.139. The second kappa shape index (κ2) is 11.2. The first-order valence-electron chi connectivity index (χ1n) is 10.1. The molecule has 10 nitrogen and oxygen atoms in total. The highest BCUT2D eigenvalue weighted by molar-refractivity contribution is 8.76. The van der Waals surface area contributed by atoms with E-state index in [1.54, 1.807) is 6.07 Å². The van der Waals surface area contributed by atoms with Gasteiger partial charge in [-0.2, -0.15) is 0 Å². The van der Waals surface area contributed by atoms with Crippen LogP contribution in [0.3, 0.4) is 0 Å². The molecule has 3 rings (SSSR count). The molecule has 0 radical (unpaired) electrons. The summed E-state index contributed by atoms with van der Waals surface area (Å²) in [6.07, 6.45) is 1.84. The maximum absolute atomic E-state index is 12.7. The van der Waals surface area contributed by atoms with E-state index in [-0.39, 0.29) is 23.3 Å². The molecule has 178 valence electrons. The molecule has 0 fully saturated rings. The molecule has 33 heavy (non-hydrogen) atoms. The number of hydrogen-bond donors (Lipinski definition) is 5. The van der Waals surface area contributed by atoms with Gasteiger partial charge in [0, 0.05) is 40.6 Å². The molecule has 2 aromatic heterocycles. The highest BCUT2D eigenvalue weighted by Gasteiger charge is 2.31. The number of aliphatic carboxylic acids is 2. The van der Waals surface area contributed by atoms with Crippen LogP contribution in [0.15, 0.2) is 18.3 Å². The number of carbonyl (C=O) groups excluding carboxylic acids is 1. The Bertz CT molecular complexity index is 1030. The number of carbonyl (C=O) groups is 3. The molecule has 1 amide bonds. The predicted molar refractivity (Wildman–Crippen MR) is 130 cm³/mol. The fourth-order valence-corrected chi connectivity index (χ4v) is 6.58. The molecule has 2 unspecified atom stereocenters. The molecule has 1 aliphatic heterocycles. The number of hydrogen-bond acceptors (Lipinski definition) is 10. The molecular formula is C20H25N5O5S3. The summed E-state index contributed by atoms with van der Waals surface area (Å²) in [5.41, 5.74) is 6.48. The standard InChI is InChI=1S/C20H25N5O5S3/c1-9(11-5-23-17-12(11)6-22-10(2)24-17)15-3-4-16(33-15)18(26)25-14(20(29)30)8-32-31-7-13(21)19(27)28/h3-4,6,9,11,13-14H,5,7-8,21H2,1-2H3,(H,25,26)(H,27,28)(H,29,30)(H,22,23,24)/t9?,11?,13-,14-/m0/s1. The Morgan fingerprint density at radius 1 is 1.27 bits per heavy atom. The fraction of sp³-hybridized carbons (Fsp3) is 0.450. The average molecular weight is 512 g/mol. The third-order valence-electron chi connectivity index (χ3n) is 5.22. The summed E-state index contributed by atoms with van der Waals surface area (Å²) in [6.45, 7) is 4.66. The minimum atomic E-state index is -1.16. The summed E-state index contributed by atoms with van der Waals surface area (Å²) >= 11 is 1.34.